The fourth-order valence-corrected chi connectivity index (χ4v) is 1.85. The van der Waals surface area contributed by atoms with Crippen molar-refractivity contribution in [2.45, 2.75) is 6.54 Å². The number of nitrogens with zero attached hydrogens (tertiary/aromatic N) is 2. The predicted molar refractivity (Wildman–Crippen MR) is 64.9 cm³/mol. The quantitative estimate of drug-likeness (QED) is 0.748. The van der Waals surface area contributed by atoms with Gasteiger partial charge in [-0.15, -0.1) is 0 Å². The van der Waals surface area contributed by atoms with Crippen LogP contribution in [0.25, 0.3) is 10.9 Å². The highest BCUT2D eigenvalue weighted by molar-refractivity contribution is 6.34. The van der Waals surface area contributed by atoms with Gasteiger partial charge in [-0.05, 0) is 12.1 Å². The minimum Gasteiger partial charge on any atom is -0.378 e. The summed E-state index contributed by atoms with van der Waals surface area (Å²) in [5, 5.41) is 15.5. The van der Waals surface area contributed by atoms with Crippen molar-refractivity contribution < 1.29 is 4.52 Å². The molecule has 0 radical (unpaired) electrons. The van der Waals surface area contributed by atoms with Crippen molar-refractivity contribution >= 4 is 28.2 Å². The van der Waals surface area contributed by atoms with Crippen LogP contribution in [0.2, 0.25) is 5.02 Å². The zero-order valence-corrected chi connectivity index (χ0v) is 9.53. The van der Waals surface area contributed by atoms with E-state index in [1.165, 1.54) is 6.26 Å². The lowest BCUT2D eigenvalue weighted by Crippen LogP contribution is -2.00. The van der Waals surface area contributed by atoms with Gasteiger partial charge in [-0.25, -0.2) is 0 Å². The molecule has 0 spiro atoms. The minimum absolute atomic E-state index is 0.565. The van der Waals surface area contributed by atoms with Gasteiger partial charge in [-0.1, -0.05) is 16.8 Å². The third-order valence-corrected chi connectivity index (χ3v) is 2.79. The molecule has 3 aromatic rings. The van der Waals surface area contributed by atoms with Crippen molar-refractivity contribution in [3.05, 3.63) is 41.4 Å². The van der Waals surface area contributed by atoms with Gasteiger partial charge in [0, 0.05) is 11.5 Å². The number of aromatic nitrogens is 3. The smallest absolute Gasteiger partial charge is 0.124 e. The normalized spacial score (nSPS) is 10.9. The fraction of sp³-hybridized carbons (Fsp3) is 0.0909. The first-order valence-electron chi connectivity index (χ1n) is 5.09. The Balaban J connectivity index is 1.86. The van der Waals surface area contributed by atoms with Crippen molar-refractivity contribution in [3.8, 4) is 0 Å². The lowest BCUT2D eigenvalue weighted by atomic mass is 10.2. The Morgan fingerprint density at radius 3 is 3.18 bits per heavy atom. The molecule has 17 heavy (non-hydrogen) atoms. The van der Waals surface area contributed by atoms with Gasteiger partial charge in [0.2, 0.25) is 0 Å². The monoisotopic (exact) mass is 248 g/mol. The molecule has 86 valence electrons. The Kier molecular flexibility index (Phi) is 2.45. The van der Waals surface area contributed by atoms with Crippen LogP contribution in [0, 0.1) is 0 Å². The van der Waals surface area contributed by atoms with E-state index < -0.39 is 0 Å². The Labute approximate surface area is 102 Å². The molecule has 0 amide bonds. The molecule has 0 unspecified atom stereocenters. The molecule has 0 saturated carbocycles. The van der Waals surface area contributed by atoms with Gasteiger partial charge in [-0.2, -0.15) is 5.10 Å². The second-order valence-electron chi connectivity index (χ2n) is 3.63. The minimum atomic E-state index is 0.565. The zero-order valence-electron chi connectivity index (χ0n) is 8.77. The molecule has 0 bridgehead atoms. The highest BCUT2D eigenvalue weighted by Crippen LogP contribution is 2.27. The zero-order chi connectivity index (χ0) is 11.7. The average molecular weight is 249 g/mol. The molecule has 1 aromatic carbocycles. The topological polar surface area (TPSA) is 66.7 Å². The second-order valence-corrected chi connectivity index (χ2v) is 4.04. The maximum absolute atomic E-state index is 6.15. The molecular formula is C11H9ClN4O. The van der Waals surface area contributed by atoms with Crippen LogP contribution in [0.1, 0.15) is 5.69 Å². The first-order chi connectivity index (χ1) is 8.33. The number of hydrogen-bond donors (Lipinski definition) is 2. The second kappa shape index (κ2) is 4.10. The van der Waals surface area contributed by atoms with Crippen molar-refractivity contribution in [1.29, 1.82) is 0 Å². The van der Waals surface area contributed by atoms with Crippen LogP contribution in [0.3, 0.4) is 0 Å². The molecule has 0 aliphatic carbocycles. The van der Waals surface area contributed by atoms with Gasteiger partial charge in [0.1, 0.15) is 12.0 Å². The highest BCUT2D eigenvalue weighted by atomic mass is 35.5. The number of benzene rings is 1. The van der Waals surface area contributed by atoms with E-state index >= 15 is 0 Å². The van der Waals surface area contributed by atoms with Gasteiger partial charge in [-0.3, -0.25) is 5.10 Å². The largest absolute Gasteiger partial charge is 0.378 e. The summed E-state index contributed by atoms with van der Waals surface area (Å²) in [6.07, 6.45) is 3.28. The third-order valence-electron chi connectivity index (χ3n) is 2.48. The Morgan fingerprint density at radius 1 is 1.41 bits per heavy atom. The molecule has 2 N–H and O–H groups in total. The highest BCUT2D eigenvalue weighted by Gasteiger charge is 2.05. The van der Waals surface area contributed by atoms with E-state index in [2.05, 4.69) is 20.7 Å². The van der Waals surface area contributed by atoms with Crippen molar-refractivity contribution in [3.63, 3.8) is 0 Å². The number of H-pyrrole nitrogens is 1. The van der Waals surface area contributed by atoms with Crippen molar-refractivity contribution in [2.75, 3.05) is 5.32 Å². The summed E-state index contributed by atoms with van der Waals surface area (Å²) in [6.45, 7) is 0.565. The summed E-state index contributed by atoms with van der Waals surface area (Å²) in [6, 6.07) is 5.59. The maximum Gasteiger partial charge on any atom is 0.124 e. The van der Waals surface area contributed by atoms with Gasteiger partial charge < -0.3 is 9.84 Å². The van der Waals surface area contributed by atoms with E-state index in [-0.39, 0.29) is 0 Å². The molecule has 5 nitrogen and oxygen atoms in total. The Hall–Kier alpha value is -2.01. The van der Waals surface area contributed by atoms with Crippen LogP contribution >= 0.6 is 11.6 Å². The summed E-state index contributed by atoms with van der Waals surface area (Å²) in [5.41, 5.74) is 2.61. The van der Waals surface area contributed by atoms with Crippen LogP contribution in [-0.2, 0) is 6.54 Å². The lowest BCUT2D eigenvalue weighted by molar-refractivity contribution is 0.412. The summed E-state index contributed by atoms with van der Waals surface area (Å²) in [5.74, 6) is 0. The number of nitrogens with one attached hydrogen (secondary N) is 2. The van der Waals surface area contributed by atoms with Crippen LogP contribution in [0.4, 0.5) is 5.69 Å². The number of fused-ring (bicyclic) bond motifs is 1. The molecule has 3 rings (SSSR count). The molecular weight excluding hydrogens is 240 g/mol. The van der Waals surface area contributed by atoms with Crippen LogP contribution in [0.15, 0.2) is 35.2 Å². The first-order valence-corrected chi connectivity index (χ1v) is 5.46. The maximum atomic E-state index is 6.15. The molecule has 0 atom stereocenters. The van der Waals surface area contributed by atoms with Crippen LogP contribution in [0.5, 0.6) is 0 Å². The van der Waals surface area contributed by atoms with Crippen molar-refractivity contribution in [2.24, 2.45) is 0 Å². The first kappa shape index (κ1) is 10.2. The van der Waals surface area contributed by atoms with E-state index in [9.17, 15) is 0 Å². The molecule has 0 fully saturated rings. The van der Waals surface area contributed by atoms with E-state index in [1.54, 1.807) is 12.3 Å². The summed E-state index contributed by atoms with van der Waals surface area (Å²) in [7, 11) is 0. The number of hydrogen-bond acceptors (Lipinski definition) is 4. The average Bonchev–Trinajstić information content (AvgIpc) is 2.95. The summed E-state index contributed by atoms with van der Waals surface area (Å²) >= 11 is 6.15. The molecule has 2 aromatic heterocycles. The van der Waals surface area contributed by atoms with E-state index in [0.29, 0.717) is 11.6 Å². The van der Waals surface area contributed by atoms with E-state index in [1.807, 2.05) is 12.1 Å². The fourth-order valence-electron chi connectivity index (χ4n) is 1.61. The number of rotatable bonds is 3. The van der Waals surface area contributed by atoms with Gasteiger partial charge in [0.05, 0.1) is 29.0 Å². The van der Waals surface area contributed by atoms with Gasteiger partial charge >= 0.3 is 0 Å². The SMILES string of the molecule is Clc1cc2cn[nH]c2cc1NCc1ccon1. The molecule has 0 aliphatic heterocycles. The summed E-state index contributed by atoms with van der Waals surface area (Å²) < 4.78 is 4.75. The van der Waals surface area contributed by atoms with Gasteiger partial charge in [0.25, 0.3) is 0 Å². The predicted octanol–water partition coefficient (Wildman–Crippen LogP) is 2.82. The number of halogens is 1. The molecule has 0 aliphatic rings. The molecule has 6 heteroatoms. The van der Waals surface area contributed by atoms with Gasteiger partial charge in [0.15, 0.2) is 0 Å². The van der Waals surface area contributed by atoms with E-state index in [4.69, 9.17) is 16.1 Å². The Morgan fingerprint density at radius 2 is 2.35 bits per heavy atom. The standard InChI is InChI=1S/C11H9ClN4O/c12-9-3-7-5-14-15-10(7)4-11(9)13-6-8-1-2-17-16-8/h1-5,13H,6H2,(H,14,15). The van der Waals surface area contributed by atoms with Crippen molar-refractivity contribution in [1.82, 2.24) is 15.4 Å². The lowest BCUT2D eigenvalue weighted by Gasteiger charge is -2.06. The molecule has 0 saturated heterocycles. The number of aromatic amines is 1. The Bertz CT molecular complexity index is 632. The molecule has 2 heterocycles. The summed E-state index contributed by atoms with van der Waals surface area (Å²) in [4.78, 5) is 0. The number of anilines is 1. The van der Waals surface area contributed by atoms with Crippen LogP contribution in [-0.4, -0.2) is 15.4 Å². The van der Waals surface area contributed by atoms with E-state index in [0.717, 1.165) is 22.3 Å². The third kappa shape index (κ3) is 1.97. The van der Waals surface area contributed by atoms with Crippen LogP contribution < -0.4 is 5.32 Å².